The first-order valence-electron chi connectivity index (χ1n) is 12.0. The lowest BCUT2D eigenvalue weighted by Gasteiger charge is -2.30. The van der Waals surface area contributed by atoms with Crippen LogP contribution in [0.25, 0.3) is 16.6 Å². The predicted octanol–water partition coefficient (Wildman–Crippen LogP) is 5.42. The van der Waals surface area contributed by atoms with Crippen LogP contribution < -0.4 is 10.1 Å². The van der Waals surface area contributed by atoms with Crippen LogP contribution in [0.3, 0.4) is 0 Å². The first-order valence-corrected chi connectivity index (χ1v) is 12.0. The van der Waals surface area contributed by atoms with E-state index in [4.69, 9.17) is 4.74 Å². The Bertz CT molecular complexity index is 1380. The number of carbonyl (C=O) groups is 1. The molecule has 2 N–H and O–H groups in total. The summed E-state index contributed by atoms with van der Waals surface area (Å²) < 4.78 is 21.6. The van der Waals surface area contributed by atoms with Crippen molar-refractivity contribution < 1.29 is 19.0 Å². The number of aliphatic hydroxyl groups is 1. The normalized spacial score (nSPS) is 13.4. The van der Waals surface area contributed by atoms with Gasteiger partial charge in [-0.3, -0.25) is 4.79 Å². The average molecular weight is 490 g/mol. The van der Waals surface area contributed by atoms with Crippen LogP contribution in [0.2, 0.25) is 0 Å². The molecule has 7 heteroatoms. The lowest BCUT2D eigenvalue weighted by atomic mass is 9.91. The maximum atomic E-state index is 13.4. The second-order valence-corrected chi connectivity index (χ2v) is 9.96. The van der Waals surface area contributed by atoms with E-state index in [-0.39, 0.29) is 24.4 Å². The number of aromatic nitrogens is 2. The minimum absolute atomic E-state index is 0.243. The molecular weight excluding hydrogens is 457 g/mol. The van der Waals surface area contributed by atoms with Crippen molar-refractivity contribution in [1.29, 1.82) is 0 Å². The zero-order chi connectivity index (χ0) is 26.0. The molecule has 2 atom stereocenters. The van der Waals surface area contributed by atoms with Crippen molar-refractivity contribution >= 4 is 16.8 Å². The van der Waals surface area contributed by atoms with Gasteiger partial charge in [0.25, 0.3) is 0 Å². The second-order valence-electron chi connectivity index (χ2n) is 9.96. The standard InChI is InChI=1S/C29H32FN3O3/c1-18-6-7-19(2)25(14-18)27(20(3)32-28(35)29(4,5)17-34)36-24-12-13-26-21(15-24)16-31-33(26)23-10-8-22(30)9-11-23/h6-16,20,27,34H,17H2,1-5H3,(H,32,35)/t20-,27+/m0/s1. The molecule has 0 bridgehead atoms. The first kappa shape index (κ1) is 25.4. The van der Waals surface area contributed by atoms with Crippen molar-refractivity contribution in [2.45, 2.75) is 46.8 Å². The number of nitrogens with one attached hydrogen (secondary N) is 1. The van der Waals surface area contributed by atoms with E-state index in [0.29, 0.717) is 5.75 Å². The van der Waals surface area contributed by atoms with E-state index in [1.165, 1.54) is 12.1 Å². The number of amides is 1. The Labute approximate surface area is 210 Å². The average Bonchev–Trinajstić information content (AvgIpc) is 3.27. The van der Waals surface area contributed by atoms with Gasteiger partial charge in [0.15, 0.2) is 0 Å². The topological polar surface area (TPSA) is 76.4 Å². The van der Waals surface area contributed by atoms with E-state index in [1.54, 1.807) is 36.9 Å². The molecule has 36 heavy (non-hydrogen) atoms. The highest BCUT2D eigenvalue weighted by atomic mass is 19.1. The number of hydrogen-bond donors (Lipinski definition) is 2. The molecule has 0 radical (unpaired) electrons. The van der Waals surface area contributed by atoms with Gasteiger partial charge in [-0.25, -0.2) is 9.07 Å². The fourth-order valence-electron chi connectivity index (χ4n) is 4.07. The van der Waals surface area contributed by atoms with E-state index in [2.05, 4.69) is 16.5 Å². The number of rotatable bonds is 8. The third kappa shape index (κ3) is 5.26. The van der Waals surface area contributed by atoms with Gasteiger partial charge in [-0.2, -0.15) is 5.10 Å². The molecule has 0 saturated heterocycles. The fourth-order valence-corrected chi connectivity index (χ4v) is 4.07. The second kappa shape index (κ2) is 10.1. The van der Waals surface area contributed by atoms with Gasteiger partial charge in [0.2, 0.25) is 5.91 Å². The molecule has 1 heterocycles. The van der Waals surface area contributed by atoms with Crippen molar-refractivity contribution in [3.8, 4) is 11.4 Å². The van der Waals surface area contributed by atoms with Crippen molar-refractivity contribution in [3.63, 3.8) is 0 Å². The highest BCUT2D eigenvalue weighted by Crippen LogP contribution is 2.31. The van der Waals surface area contributed by atoms with Gasteiger partial charge in [0.05, 0.1) is 35.5 Å². The van der Waals surface area contributed by atoms with Crippen molar-refractivity contribution in [3.05, 3.63) is 89.4 Å². The summed E-state index contributed by atoms with van der Waals surface area (Å²) in [6.45, 7) is 9.10. The number of carbonyl (C=O) groups excluding carboxylic acids is 1. The molecule has 0 aliphatic heterocycles. The predicted molar refractivity (Wildman–Crippen MR) is 139 cm³/mol. The van der Waals surface area contributed by atoms with E-state index in [0.717, 1.165) is 33.3 Å². The smallest absolute Gasteiger partial charge is 0.228 e. The van der Waals surface area contributed by atoms with Crippen LogP contribution in [0.4, 0.5) is 4.39 Å². The van der Waals surface area contributed by atoms with Gasteiger partial charge in [0.1, 0.15) is 17.7 Å². The summed E-state index contributed by atoms with van der Waals surface area (Å²) in [5.74, 6) is 0.0916. The van der Waals surface area contributed by atoms with Crippen LogP contribution in [0.5, 0.6) is 5.75 Å². The highest BCUT2D eigenvalue weighted by molar-refractivity contribution is 5.82. The zero-order valence-electron chi connectivity index (χ0n) is 21.2. The maximum Gasteiger partial charge on any atom is 0.228 e. The minimum Gasteiger partial charge on any atom is -0.484 e. The monoisotopic (exact) mass is 489 g/mol. The largest absolute Gasteiger partial charge is 0.484 e. The molecule has 4 rings (SSSR count). The molecule has 0 spiro atoms. The van der Waals surface area contributed by atoms with E-state index in [1.807, 2.05) is 51.1 Å². The number of aryl methyl sites for hydroxylation is 2. The van der Waals surface area contributed by atoms with Gasteiger partial charge in [-0.05, 0) is 88.2 Å². The van der Waals surface area contributed by atoms with Crippen molar-refractivity contribution in [2.24, 2.45) is 5.41 Å². The molecule has 6 nitrogen and oxygen atoms in total. The molecule has 1 aromatic heterocycles. The molecule has 4 aromatic rings. The maximum absolute atomic E-state index is 13.4. The first-order chi connectivity index (χ1) is 17.1. The summed E-state index contributed by atoms with van der Waals surface area (Å²) in [4.78, 5) is 12.8. The van der Waals surface area contributed by atoms with Crippen LogP contribution in [0.1, 0.15) is 43.6 Å². The van der Waals surface area contributed by atoms with Crippen molar-refractivity contribution in [1.82, 2.24) is 15.1 Å². The van der Waals surface area contributed by atoms with E-state index in [9.17, 15) is 14.3 Å². The molecule has 188 valence electrons. The molecule has 0 aliphatic rings. The third-order valence-corrected chi connectivity index (χ3v) is 6.44. The van der Waals surface area contributed by atoms with E-state index < -0.39 is 11.5 Å². The molecule has 1 amide bonds. The molecular formula is C29H32FN3O3. The summed E-state index contributed by atoms with van der Waals surface area (Å²) >= 11 is 0. The van der Waals surface area contributed by atoms with Gasteiger partial charge in [-0.15, -0.1) is 0 Å². The number of hydrogen-bond acceptors (Lipinski definition) is 4. The Hall–Kier alpha value is -3.71. The molecule has 3 aromatic carbocycles. The quantitative estimate of drug-likeness (QED) is 0.346. The minimum atomic E-state index is -0.908. The number of fused-ring (bicyclic) bond motifs is 1. The van der Waals surface area contributed by atoms with Crippen molar-refractivity contribution in [2.75, 3.05) is 6.61 Å². The van der Waals surface area contributed by atoms with Crippen LogP contribution >= 0.6 is 0 Å². The Morgan fingerprint density at radius 3 is 2.53 bits per heavy atom. The number of benzene rings is 3. The molecule has 0 saturated carbocycles. The number of halogens is 1. The van der Waals surface area contributed by atoms with Crippen LogP contribution in [-0.4, -0.2) is 33.4 Å². The number of nitrogens with zero attached hydrogens (tertiary/aromatic N) is 2. The summed E-state index contributed by atoms with van der Waals surface area (Å²) in [7, 11) is 0. The highest BCUT2D eigenvalue weighted by Gasteiger charge is 2.31. The molecule has 0 aliphatic carbocycles. The Morgan fingerprint density at radius 2 is 1.83 bits per heavy atom. The summed E-state index contributed by atoms with van der Waals surface area (Å²) in [6, 6.07) is 17.7. The van der Waals surface area contributed by atoms with Gasteiger partial charge in [-0.1, -0.05) is 23.8 Å². The third-order valence-electron chi connectivity index (χ3n) is 6.44. The zero-order valence-corrected chi connectivity index (χ0v) is 21.2. The van der Waals surface area contributed by atoms with Gasteiger partial charge < -0.3 is 15.2 Å². The van der Waals surface area contributed by atoms with Gasteiger partial charge >= 0.3 is 0 Å². The number of ether oxygens (including phenoxy) is 1. The van der Waals surface area contributed by atoms with Crippen LogP contribution in [0, 0.1) is 25.1 Å². The lowest BCUT2D eigenvalue weighted by molar-refractivity contribution is -0.132. The summed E-state index contributed by atoms with van der Waals surface area (Å²) in [5.41, 5.74) is 3.84. The molecule has 0 unspecified atom stereocenters. The van der Waals surface area contributed by atoms with Crippen LogP contribution in [-0.2, 0) is 4.79 Å². The van der Waals surface area contributed by atoms with Crippen LogP contribution in [0.15, 0.2) is 66.9 Å². The Morgan fingerprint density at radius 1 is 1.11 bits per heavy atom. The van der Waals surface area contributed by atoms with Gasteiger partial charge in [0, 0.05) is 5.39 Å². The molecule has 0 fully saturated rings. The van der Waals surface area contributed by atoms with E-state index >= 15 is 0 Å². The fraction of sp³-hybridized carbons (Fsp3) is 0.310. The SMILES string of the molecule is Cc1ccc(C)c([C@H](Oc2ccc3c(cnn3-c3ccc(F)cc3)c2)[C@H](C)NC(=O)C(C)(C)CO)c1. The lowest BCUT2D eigenvalue weighted by Crippen LogP contribution is -2.46. The summed E-state index contributed by atoms with van der Waals surface area (Å²) in [6.07, 6.45) is 1.28. The Balaban J connectivity index is 1.67. The Kier molecular flexibility index (Phi) is 7.13. The number of aliphatic hydroxyl groups excluding tert-OH is 1. The summed E-state index contributed by atoms with van der Waals surface area (Å²) in [5, 5.41) is 18.0.